The summed E-state index contributed by atoms with van der Waals surface area (Å²) >= 11 is 0. The monoisotopic (exact) mass is 527 g/mol. The highest BCUT2D eigenvalue weighted by atomic mass is 16.6. The predicted octanol–water partition coefficient (Wildman–Crippen LogP) is 5.46. The van der Waals surface area contributed by atoms with Gasteiger partial charge in [-0.25, -0.2) is 4.79 Å². The maximum atomic E-state index is 13.4. The van der Waals surface area contributed by atoms with Gasteiger partial charge < -0.3 is 18.9 Å². The lowest BCUT2D eigenvalue weighted by molar-refractivity contribution is -0.131. The molecule has 202 valence electrons. The molecule has 2 atom stereocenters. The molecule has 2 heterocycles. The SMILES string of the molecule is COc1cccc(OCCC(=O)C2CC3COCC(C2)N3C(=O)OCC2c3ccccc3-c3ccccc32)c1. The van der Waals surface area contributed by atoms with Crippen molar-refractivity contribution < 1.29 is 28.5 Å². The van der Waals surface area contributed by atoms with Crippen LogP contribution in [0.25, 0.3) is 11.1 Å². The number of piperidine rings is 1. The van der Waals surface area contributed by atoms with Crippen LogP contribution in [0.2, 0.25) is 0 Å². The maximum absolute atomic E-state index is 13.4. The minimum atomic E-state index is -0.317. The normalized spacial score (nSPS) is 21.6. The van der Waals surface area contributed by atoms with Crippen molar-refractivity contribution in [2.45, 2.75) is 37.3 Å². The molecular formula is C32H33NO6. The summed E-state index contributed by atoms with van der Waals surface area (Å²) in [7, 11) is 1.61. The number of benzene rings is 3. The number of ether oxygens (including phenoxy) is 4. The molecule has 0 radical (unpaired) electrons. The molecule has 2 fully saturated rings. The van der Waals surface area contributed by atoms with Crippen LogP contribution in [0.15, 0.2) is 72.8 Å². The number of rotatable bonds is 8. The molecule has 3 aromatic carbocycles. The first-order chi connectivity index (χ1) is 19.1. The molecule has 6 rings (SSSR count). The van der Waals surface area contributed by atoms with E-state index >= 15 is 0 Å². The second-order valence-electron chi connectivity index (χ2n) is 10.5. The number of carbonyl (C=O) groups excluding carboxylic acids is 2. The molecule has 2 bridgehead atoms. The molecule has 2 saturated heterocycles. The summed E-state index contributed by atoms with van der Waals surface area (Å²) in [6.45, 7) is 1.44. The Balaban J connectivity index is 1.06. The fraction of sp³-hybridized carbons (Fsp3) is 0.375. The Bertz CT molecular complexity index is 1300. The van der Waals surface area contributed by atoms with Crippen molar-refractivity contribution in [1.82, 2.24) is 4.90 Å². The molecule has 39 heavy (non-hydrogen) atoms. The number of carbonyl (C=O) groups is 2. The largest absolute Gasteiger partial charge is 0.497 e. The smallest absolute Gasteiger partial charge is 0.410 e. The van der Waals surface area contributed by atoms with Gasteiger partial charge in [0.1, 0.15) is 23.9 Å². The Morgan fingerprint density at radius 1 is 0.872 bits per heavy atom. The van der Waals surface area contributed by atoms with Gasteiger partial charge in [-0.1, -0.05) is 54.6 Å². The van der Waals surface area contributed by atoms with Crippen molar-refractivity contribution in [1.29, 1.82) is 0 Å². The van der Waals surface area contributed by atoms with Crippen LogP contribution in [0.3, 0.4) is 0 Å². The molecule has 3 aliphatic rings. The fourth-order valence-corrected chi connectivity index (χ4v) is 6.31. The summed E-state index contributed by atoms with van der Waals surface area (Å²) in [5.41, 5.74) is 4.79. The zero-order valence-corrected chi connectivity index (χ0v) is 22.1. The van der Waals surface area contributed by atoms with Crippen LogP contribution in [-0.2, 0) is 14.3 Å². The molecule has 1 aliphatic carbocycles. The number of Topliss-reactive ketones (excluding diaryl/α,β-unsaturated/α-hetero) is 1. The topological polar surface area (TPSA) is 74.3 Å². The number of morpholine rings is 1. The van der Waals surface area contributed by atoms with Gasteiger partial charge in [0.05, 0.1) is 39.0 Å². The van der Waals surface area contributed by atoms with E-state index in [1.165, 1.54) is 22.3 Å². The minimum absolute atomic E-state index is 0.0149. The number of fused-ring (bicyclic) bond motifs is 5. The van der Waals surface area contributed by atoms with Crippen LogP contribution in [0.1, 0.15) is 36.3 Å². The van der Waals surface area contributed by atoms with Gasteiger partial charge in [-0.3, -0.25) is 9.69 Å². The Labute approximate surface area is 228 Å². The Kier molecular flexibility index (Phi) is 7.24. The molecule has 0 saturated carbocycles. The first-order valence-electron chi connectivity index (χ1n) is 13.6. The van der Waals surface area contributed by atoms with Crippen LogP contribution >= 0.6 is 0 Å². The summed E-state index contributed by atoms with van der Waals surface area (Å²) in [4.78, 5) is 28.3. The van der Waals surface area contributed by atoms with E-state index in [9.17, 15) is 9.59 Å². The molecule has 7 nitrogen and oxygen atoms in total. The van der Waals surface area contributed by atoms with Crippen LogP contribution in [-0.4, -0.2) is 62.4 Å². The lowest BCUT2D eigenvalue weighted by Gasteiger charge is -2.47. The van der Waals surface area contributed by atoms with Crippen molar-refractivity contribution >= 4 is 11.9 Å². The number of hydrogen-bond acceptors (Lipinski definition) is 6. The molecule has 1 amide bonds. The van der Waals surface area contributed by atoms with E-state index in [4.69, 9.17) is 18.9 Å². The third kappa shape index (κ3) is 5.11. The van der Waals surface area contributed by atoms with Gasteiger partial charge in [0.25, 0.3) is 0 Å². The molecule has 2 unspecified atom stereocenters. The van der Waals surface area contributed by atoms with E-state index in [1.807, 2.05) is 47.4 Å². The van der Waals surface area contributed by atoms with Crippen LogP contribution in [0.5, 0.6) is 11.5 Å². The standard InChI is InChI=1S/C32H33NO6/c1-36-24-7-6-8-25(17-24)38-14-13-31(34)21-15-22-18-37-19-23(16-21)33(22)32(35)39-20-30-28-11-4-2-9-26(28)27-10-3-5-12-29(27)30/h2-12,17,21-23,30H,13-16,18-20H2,1H3. The van der Waals surface area contributed by atoms with Crippen LogP contribution in [0, 0.1) is 5.92 Å². The molecular weight excluding hydrogens is 494 g/mol. The highest BCUT2D eigenvalue weighted by molar-refractivity contribution is 5.82. The van der Waals surface area contributed by atoms with Crippen LogP contribution in [0.4, 0.5) is 4.79 Å². The van der Waals surface area contributed by atoms with Crippen molar-refractivity contribution in [2.75, 3.05) is 33.5 Å². The van der Waals surface area contributed by atoms with E-state index in [0.29, 0.717) is 50.6 Å². The van der Waals surface area contributed by atoms with Gasteiger partial charge in [0.2, 0.25) is 0 Å². The number of ketones is 1. The summed E-state index contributed by atoms with van der Waals surface area (Å²) in [6.07, 6.45) is 1.17. The molecule has 0 aromatic heterocycles. The van der Waals surface area contributed by atoms with E-state index < -0.39 is 0 Å². The maximum Gasteiger partial charge on any atom is 0.410 e. The fourth-order valence-electron chi connectivity index (χ4n) is 6.31. The lowest BCUT2D eigenvalue weighted by atomic mass is 9.82. The number of hydrogen-bond donors (Lipinski definition) is 0. The second-order valence-corrected chi connectivity index (χ2v) is 10.5. The highest BCUT2D eigenvalue weighted by Crippen LogP contribution is 2.44. The van der Waals surface area contributed by atoms with Gasteiger partial charge >= 0.3 is 6.09 Å². The zero-order valence-electron chi connectivity index (χ0n) is 22.1. The quantitative estimate of drug-likeness (QED) is 0.387. The van der Waals surface area contributed by atoms with Gasteiger partial charge in [0, 0.05) is 24.3 Å². The Morgan fingerprint density at radius 3 is 2.18 bits per heavy atom. The van der Waals surface area contributed by atoms with Crippen molar-refractivity contribution in [2.24, 2.45) is 5.92 Å². The average molecular weight is 528 g/mol. The van der Waals surface area contributed by atoms with E-state index in [1.54, 1.807) is 13.2 Å². The second kappa shape index (κ2) is 11.1. The number of nitrogens with zero attached hydrogens (tertiary/aromatic N) is 1. The van der Waals surface area contributed by atoms with E-state index in [-0.39, 0.29) is 42.4 Å². The van der Waals surface area contributed by atoms with Crippen molar-refractivity contribution in [3.8, 4) is 22.6 Å². The molecule has 0 N–H and O–H groups in total. The average Bonchev–Trinajstić information content (AvgIpc) is 3.29. The first-order valence-corrected chi connectivity index (χ1v) is 13.6. The third-order valence-electron chi connectivity index (χ3n) is 8.18. The van der Waals surface area contributed by atoms with Gasteiger partial charge in [-0.2, -0.15) is 0 Å². The van der Waals surface area contributed by atoms with E-state index in [2.05, 4.69) is 24.3 Å². The van der Waals surface area contributed by atoms with Gasteiger partial charge in [0.15, 0.2) is 0 Å². The Hall–Kier alpha value is -3.84. The van der Waals surface area contributed by atoms with Gasteiger partial charge in [-0.15, -0.1) is 0 Å². The lowest BCUT2D eigenvalue weighted by Crippen LogP contribution is -2.60. The summed E-state index contributed by atoms with van der Waals surface area (Å²) in [6, 6.07) is 23.7. The molecule has 7 heteroatoms. The predicted molar refractivity (Wildman–Crippen MR) is 146 cm³/mol. The molecule has 2 aliphatic heterocycles. The Morgan fingerprint density at radius 2 is 1.51 bits per heavy atom. The summed E-state index contributed by atoms with van der Waals surface area (Å²) < 4.78 is 22.7. The highest BCUT2D eigenvalue weighted by Gasteiger charge is 2.44. The summed E-state index contributed by atoms with van der Waals surface area (Å²) in [5.74, 6) is 1.46. The van der Waals surface area contributed by atoms with E-state index in [0.717, 1.165) is 0 Å². The first kappa shape index (κ1) is 25.4. The minimum Gasteiger partial charge on any atom is -0.497 e. The number of methoxy groups -OCH3 is 1. The number of amides is 1. The van der Waals surface area contributed by atoms with Gasteiger partial charge in [-0.05, 0) is 47.2 Å². The molecule has 3 aromatic rings. The molecule has 0 spiro atoms. The zero-order chi connectivity index (χ0) is 26.8. The van der Waals surface area contributed by atoms with Crippen LogP contribution < -0.4 is 9.47 Å². The third-order valence-corrected chi connectivity index (χ3v) is 8.18. The van der Waals surface area contributed by atoms with Crippen molar-refractivity contribution in [3.05, 3.63) is 83.9 Å². The summed E-state index contributed by atoms with van der Waals surface area (Å²) in [5, 5.41) is 0. The van der Waals surface area contributed by atoms with Crippen molar-refractivity contribution in [3.63, 3.8) is 0 Å².